The van der Waals surface area contributed by atoms with Crippen LogP contribution < -0.4 is 0 Å². The molecule has 0 aliphatic rings. The first-order valence-electron chi connectivity index (χ1n) is 20.3. The summed E-state index contributed by atoms with van der Waals surface area (Å²) in [6, 6.07) is 0. The average Bonchev–Trinajstić information content (AvgIpc) is 3.13. The average molecular weight is 741 g/mol. The van der Waals surface area contributed by atoms with Crippen LogP contribution in [0.5, 0.6) is 0 Å². The second-order valence-electron chi connectivity index (χ2n) is 14.8. The summed E-state index contributed by atoms with van der Waals surface area (Å²) in [4.78, 5) is 0. The van der Waals surface area contributed by atoms with E-state index >= 15 is 0 Å². The molecule has 0 aromatic rings. The first kappa shape index (κ1) is 49.5. The zero-order chi connectivity index (χ0) is 36.2. The summed E-state index contributed by atoms with van der Waals surface area (Å²) in [5.41, 5.74) is 0. The van der Waals surface area contributed by atoms with Crippen molar-refractivity contribution in [3.05, 3.63) is 0 Å². The Labute approximate surface area is 304 Å². The van der Waals surface area contributed by atoms with Gasteiger partial charge in [-0.2, -0.15) is 0 Å². The van der Waals surface area contributed by atoms with Gasteiger partial charge in [-0.15, -0.1) is 15.8 Å². The molecular formula is C39H82O8P2. The van der Waals surface area contributed by atoms with Gasteiger partial charge in [0.15, 0.2) is 0 Å². The van der Waals surface area contributed by atoms with E-state index in [1.54, 1.807) is 0 Å². The third kappa shape index (κ3) is 30.7. The van der Waals surface area contributed by atoms with Gasteiger partial charge in [-0.1, -0.05) is 77.0 Å². The second kappa shape index (κ2) is 38.3. The maximum atomic E-state index is 9.34. The fourth-order valence-corrected chi connectivity index (χ4v) is 12.1. The number of aliphatic hydroxyl groups excluding tert-OH is 8. The minimum absolute atomic E-state index is 0.0341. The molecule has 0 saturated heterocycles. The lowest BCUT2D eigenvalue weighted by molar-refractivity contribution is 0.141. The van der Waals surface area contributed by atoms with Crippen molar-refractivity contribution in [2.24, 2.45) is 23.7 Å². The Balaban J connectivity index is 4.82. The Bertz CT molecular complexity index is 534. The van der Waals surface area contributed by atoms with Gasteiger partial charge in [0.05, 0.1) is 0 Å². The summed E-state index contributed by atoms with van der Waals surface area (Å²) in [7, 11) is 0.0737. The smallest absolute Gasteiger partial charge is 0.0481 e. The molecule has 0 unspecified atom stereocenters. The highest BCUT2D eigenvalue weighted by Crippen LogP contribution is 2.43. The lowest BCUT2D eigenvalue weighted by atomic mass is 10.0. The molecule has 0 aromatic heterocycles. The molecule has 0 rings (SSSR count). The van der Waals surface area contributed by atoms with Crippen LogP contribution in [-0.4, -0.2) is 131 Å². The van der Waals surface area contributed by atoms with Gasteiger partial charge in [-0.05, 0) is 94.8 Å². The summed E-state index contributed by atoms with van der Waals surface area (Å²) >= 11 is 0. The van der Waals surface area contributed by atoms with Crippen molar-refractivity contribution < 1.29 is 40.9 Å². The van der Waals surface area contributed by atoms with Crippen molar-refractivity contribution >= 4 is 15.8 Å². The van der Waals surface area contributed by atoms with Gasteiger partial charge in [0, 0.05) is 76.5 Å². The Morgan fingerprint density at radius 2 is 0.408 bits per heavy atom. The standard InChI is InChI=1S/C39H82O8P2/c40-28-36(29-41)18-9-1-5-13-22-48(23-14-6-2-10-19-37(30-42)31-43)26-17-27-49(24-15-7-3-11-20-38(32-44)33-45)25-16-8-4-12-21-39(34-46)35-47/h36-47H,1-35H2. The summed E-state index contributed by atoms with van der Waals surface area (Å²) in [5.74, 6) is 0.136. The first-order valence-corrected chi connectivity index (χ1v) is 24.1. The summed E-state index contributed by atoms with van der Waals surface area (Å²) < 4.78 is 0. The van der Waals surface area contributed by atoms with E-state index in [9.17, 15) is 40.9 Å². The number of unbranched alkanes of at least 4 members (excludes halogenated alkanes) is 12. The number of hydrogen-bond acceptors (Lipinski definition) is 8. The van der Waals surface area contributed by atoms with E-state index in [2.05, 4.69) is 0 Å². The number of rotatable bonds is 40. The molecule has 8 nitrogen and oxygen atoms in total. The van der Waals surface area contributed by atoms with Gasteiger partial charge in [-0.25, -0.2) is 0 Å². The third-order valence-electron chi connectivity index (χ3n) is 10.4. The van der Waals surface area contributed by atoms with Gasteiger partial charge in [0.25, 0.3) is 0 Å². The SMILES string of the molecule is OCC(CO)CCCCCCP(CCCCCCC(CO)CO)CCCP(CCCCCCC(CO)CO)CCCCCCC(CO)CO. The van der Waals surface area contributed by atoms with Crippen molar-refractivity contribution in [3.8, 4) is 0 Å². The lowest BCUT2D eigenvalue weighted by Crippen LogP contribution is -2.10. The predicted octanol–water partition coefficient (Wildman–Crippen LogP) is 6.55. The van der Waals surface area contributed by atoms with Crippen LogP contribution >= 0.6 is 15.8 Å². The quantitative estimate of drug-likeness (QED) is 0.0260. The van der Waals surface area contributed by atoms with Crippen LogP contribution in [0.4, 0.5) is 0 Å². The molecule has 0 amide bonds. The topological polar surface area (TPSA) is 162 Å². The summed E-state index contributed by atoms with van der Waals surface area (Å²) in [5, 5.41) is 74.7. The van der Waals surface area contributed by atoms with Crippen molar-refractivity contribution in [2.75, 3.05) is 89.8 Å². The molecule has 0 atom stereocenters. The van der Waals surface area contributed by atoms with Crippen LogP contribution in [0.25, 0.3) is 0 Å². The maximum absolute atomic E-state index is 9.34. The monoisotopic (exact) mass is 741 g/mol. The van der Waals surface area contributed by atoms with Gasteiger partial charge in [0.1, 0.15) is 0 Å². The molecule has 0 bridgehead atoms. The minimum atomic E-state index is 0.0341. The third-order valence-corrected chi connectivity index (χ3v) is 16.1. The van der Waals surface area contributed by atoms with Crippen LogP contribution in [0.1, 0.15) is 135 Å². The summed E-state index contributed by atoms with van der Waals surface area (Å²) in [6.45, 7) is 0.638. The number of aliphatic hydroxyl groups is 8. The van der Waals surface area contributed by atoms with Gasteiger partial charge in [0.2, 0.25) is 0 Å². The Morgan fingerprint density at radius 3 is 0.612 bits per heavy atom. The van der Waals surface area contributed by atoms with E-state index < -0.39 is 0 Å². The highest BCUT2D eigenvalue weighted by atomic mass is 31.1. The molecule has 10 heteroatoms. The fourth-order valence-electron chi connectivity index (χ4n) is 6.64. The molecule has 0 aliphatic heterocycles. The zero-order valence-electron chi connectivity index (χ0n) is 31.5. The molecule has 296 valence electrons. The molecule has 8 N–H and O–H groups in total. The van der Waals surface area contributed by atoms with Crippen LogP contribution in [0.2, 0.25) is 0 Å². The van der Waals surface area contributed by atoms with E-state index in [0.717, 1.165) is 51.4 Å². The van der Waals surface area contributed by atoms with E-state index in [4.69, 9.17) is 0 Å². The second-order valence-corrected chi connectivity index (χ2v) is 20.1. The molecular weight excluding hydrogens is 658 g/mol. The summed E-state index contributed by atoms with van der Waals surface area (Å²) in [6.07, 6.45) is 32.4. The van der Waals surface area contributed by atoms with E-state index in [1.807, 2.05) is 0 Å². The Morgan fingerprint density at radius 1 is 0.224 bits per heavy atom. The maximum Gasteiger partial charge on any atom is 0.0481 e. The first-order chi connectivity index (χ1) is 24.0. The molecule has 0 aromatic carbocycles. The van der Waals surface area contributed by atoms with Crippen molar-refractivity contribution in [1.82, 2.24) is 0 Å². The van der Waals surface area contributed by atoms with Crippen LogP contribution in [0, 0.1) is 23.7 Å². The van der Waals surface area contributed by atoms with Crippen LogP contribution in [0.15, 0.2) is 0 Å². The van der Waals surface area contributed by atoms with Crippen molar-refractivity contribution in [2.45, 2.75) is 135 Å². The predicted molar refractivity (Wildman–Crippen MR) is 211 cm³/mol. The molecule has 0 saturated carbocycles. The Kier molecular flexibility index (Phi) is 38.7. The van der Waals surface area contributed by atoms with Gasteiger partial charge in [-0.3, -0.25) is 0 Å². The molecule has 0 fully saturated rings. The van der Waals surface area contributed by atoms with E-state index in [1.165, 1.54) is 120 Å². The molecule has 49 heavy (non-hydrogen) atoms. The minimum Gasteiger partial charge on any atom is -0.396 e. The highest BCUT2D eigenvalue weighted by molar-refractivity contribution is 7.58. The largest absolute Gasteiger partial charge is 0.396 e. The van der Waals surface area contributed by atoms with Gasteiger partial charge >= 0.3 is 0 Å². The van der Waals surface area contributed by atoms with E-state index in [0.29, 0.717) is 0 Å². The molecule has 0 aliphatic carbocycles. The molecule has 0 radical (unpaired) electrons. The Hall–Kier alpha value is 0.540. The van der Waals surface area contributed by atoms with Crippen molar-refractivity contribution in [1.29, 1.82) is 0 Å². The van der Waals surface area contributed by atoms with E-state index in [-0.39, 0.29) is 92.4 Å². The van der Waals surface area contributed by atoms with Crippen LogP contribution in [0.3, 0.4) is 0 Å². The number of hydrogen-bond donors (Lipinski definition) is 8. The van der Waals surface area contributed by atoms with Crippen LogP contribution in [-0.2, 0) is 0 Å². The normalized spacial score (nSPS) is 12.4. The highest BCUT2D eigenvalue weighted by Gasteiger charge is 2.14. The fraction of sp³-hybridized carbons (Fsp3) is 1.00. The lowest BCUT2D eigenvalue weighted by Gasteiger charge is -2.22. The van der Waals surface area contributed by atoms with Gasteiger partial charge < -0.3 is 40.9 Å². The molecule has 0 spiro atoms. The molecule has 0 heterocycles. The zero-order valence-corrected chi connectivity index (χ0v) is 33.3. The van der Waals surface area contributed by atoms with Crippen molar-refractivity contribution in [3.63, 3.8) is 0 Å².